The topological polar surface area (TPSA) is 70.9 Å². The highest BCUT2D eigenvalue weighted by atomic mass is 79.9. The summed E-state index contributed by atoms with van der Waals surface area (Å²) in [5.74, 6) is 0.322. The third kappa shape index (κ3) is 5.33. The number of nitrogens with one attached hydrogen (secondary N) is 1. The van der Waals surface area contributed by atoms with Crippen LogP contribution in [0.1, 0.15) is 38.8 Å². The van der Waals surface area contributed by atoms with E-state index in [4.69, 9.17) is 4.74 Å². The van der Waals surface area contributed by atoms with Crippen LogP contribution in [0.2, 0.25) is 0 Å². The van der Waals surface area contributed by atoms with Crippen LogP contribution < -0.4 is 10.2 Å². The van der Waals surface area contributed by atoms with Crippen LogP contribution in [0.3, 0.4) is 0 Å². The maximum atomic E-state index is 12.0. The van der Waals surface area contributed by atoms with Crippen LogP contribution in [0.5, 0.6) is 11.5 Å². The Labute approximate surface area is 162 Å². The fourth-order valence-corrected chi connectivity index (χ4v) is 2.74. The second-order valence-electron chi connectivity index (χ2n) is 6.93. The molecule has 1 amide bonds. The van der Waals surface area contributed by atoms with E-state index in [1.807, 2.05) is 18.2 Å². The van der Waals surface area contributed by atoms with Gasteiger partial charge < -0.3 is 9.84 Å². The molecule has 6 heteroatoms. The van der Waals surface area contributed by atoms with E-state index in [1.165, 1.54) is 5.56 Å². The monoisotopic (exact) mass is 418 g/mol. The number of phenolic OH excluding ortho intramolecular Hbond substituents is 1. The van der Waals surface area contributed by atoms with Gasteiger partial charge in [0.15, 0.2) is 6.61 Å². The molecule has 2 rings (SSSR count). The Morgan fingerprint density at radius 3 is 2.54 bits per heavy atom. The van der Waals surface area contributed by atoms with Crippen molar-refractivity contribution in [1.29, 1.82) is 0 Å². The van der Waals surface area contributed by atoms with Gasteiger partial charge in [0.05, 0.1) is 10.2 Å². The van der Waals surface area contributed by atoms with Crippen molar-refractivity contribution in [2.75, 3.05) is 6.61 Å². The van der Waals surface area contributed by atoms with E-state index in [0.717, 1.165) is 4.47 Å². The molecule has 0 aliphatic rings. The molecule has 0 aromatic heterocycles. The Morgan fingerprint density at radius 2 is 1.92 bits per heavy atom. The number of benzene rings is 2. The largest absolute Gasteiger partial charge is 0.507 e. The molecule has 2 N–H and O–H groups in total. The van der Waals surface area contributed by atoms with Crippen molar-refractivity contribution >= 4 is 27.5 Å². The number of nitrogens with zero attached hydrogens (tertiary/aromatic N) is 1. The van der Waals surface area contributed by atoms with Gasteiger partial charge in [-0.2, -0.15) is 5.10 Å². The van der Waals surface area contributed by atoms with Gasteiger partial charge in [0.1, 0.15) is 11.5 Å². The Balaban J connectivity index is 1.95. The highest BCUT2D eigenvalue weighted by Gasteiger charge is 2.15. The fourth-order valence-electron chi connectivity index (χ4n) is 2.25. The summed E-state index contributed by atoms with van der Waals surface area (Å²) in [6, 6.07) is 12.6. The minimum atomic E-state index is -0.383. The van der Waals surface area contributed by atoms with Gasteiger partial charge in [0.2, 0.25) is 0 Å². The van der Waals surface area contributed by atoms with Gasteiger partial charge in [-0.15, -0.1) is 0 Å². The first-order valence-electron chi connectivity index (χ1n) is 8.23. The summed E-state index contributed by atoms with van der Waals surface area (Å²) in [7, 11) is 0. The standard InChI is InChI=1S/C20H23BrN2O3/c1-13(15-7-5-6-8-17(15)24)22-23-19(25)12-26-18-10-9-14(11-16(18)21)20(2,3)4/h5-11,24H,12H2,1-4H3,(H,23,25). The van der Waals surface area contributed by atoms with Gasteiger partial charge in [-0.05, 0) is 58.1 Å². The second-order valence-corrected chi connectivity index (χ2v) is 7.79. The van der Waals surface area contributed by atoms with Gasteiger partial charge in [0, 0.05) is 5.56 Å². The third-order valence-corrected chi connectivity index (χ3v) is 4.42. The van der Waals surface area contributed by atoms with Gasteiger partial charge in [-0.1, -0.05) is 39.0 Å². The maximum Gasteiger partial charge on any atom is 0.277 e. The molecule has 0 saturated heterocycles. The van der Waals surface area contributed by atoms with Crippen molar-refractivity contribution in [1.82, 2.24) is 5.43 Å². The molecule has 0 saturated carbocycles. The Hall–Kier alpha value is -2.34. The van der Waals surface area contributed by atoms with Crippen LogP contribution in [0, 0.1) is 0 Å². The van der Waals surface area contributed by atoms with Gasteiger partial charge >= 0.3 is 0 Å². The molecule has 0 radical (unpaired) electrons. The number of carbonyl (C=O) groups is 1. The molecular weight excluding hydrogens is 396 g/mol. The second kappa shape index (κ2) is 8.36. The van der Waals surface area contributed by atoms with E-state index < -0.39 is 0 Å². The number of rotatable bonds is 5. The number of halogens is 1. The summed E-state index contributed by atoms with van der Waals surface area (Å²) in [6.07, 6.45) is 0. The van der Waals surface area contributed by atoms with E-state index in [9.17, 15) is 9.90 Å². The maximum absolute atomic E-state index is 12.0. The zero-order chi connectivity index (χ0) is 19.3. The number of phenols is 1. The van der Waals surface area contributed by atoms with E-state index in [0.29, 0.717) is 17.0 Å². The molecule has 0 heterocycles. The van der Waals surface area contributed by atoms with Crippen LogP contribution in [0.15, 0.2) is 52.0 Å². The van der Waals surface area contributed by atoms with Crippen molar-refractivity contribution < 1.29 is 14.6 Å². The lowest BCUT2D eigenvalue weighted by molar-refractivity contribution is -0.123. The molecule has 26 heavy (non-hydrogen) atoms. The highest BCUT2D eigenvalue weighted by molar-refractivity contribution is 9.10. The van der Waals surface area contributed by atoms with E-state index >= 15 is 0 Å². The molecular formula is C20H23BrN2O3. The van der Waals surface area contributed by atoms with Crippen molar-refractivity contribution in [3.8, 4) is 11.5 Å². The molecule has 5 nitrogen and oxygen atoms in total. The number of ether oxygens (including phenoxy) is 1. The first-order chi connectivity index (χ1) is 12.2. The summed E-state index contributed by atoms with van der Waals surface area (Å²) >= 11 is 3.48. The molecule has 0 spiro atoms. The zero-order valence-corrected chi connectivity index (χ0v) is 16.9. The number of hydrogen-bond donors (Lipinski definition) is 2. The van der Waals surface area contributed by atoms with Crippen LogP contribution in [0.25, 0.3) is 0 Å². The molecule has 2 aromatic carbocycles. The fraction of sp³-hybridized carbons (Fsp3) is 0.300. The highest BCUT2D eigenvalue weighted by Crippen LogP contribution is 2.31. The summed E-state index contributed by atoms with van der Waals surface area (Å²) in [5, 5.41) is 13.8. The van der Waals surface area contributed by atoms with Crippen LogP contribution in [-0.2, 0) is 10.2 Å². The van der Waals surface area contributed by atoms with Crippen molar-refractivity contribution in [3.63, 3.8) is 0 Å². The molecule has 0 unspecified atom stereocenters. The number of amides is 1. The minimum absolute atomic E-state index is 0.0354. The number of hydrogen-bond acceptors (Lipinski definition) is 4. The van der Waals surface area contributed by atoms with Crippen LogP contribution in [0.4, 0.5) is 0 Å². The van der Waals surface area contributed by atoms with Gasteiger partial charge in [-0.25, -0.2) is 5.43 Å². The van der Waals surface area contributed by atoms with E-state index in [1.54, 1.807) is 31.2 Å². The molecule has 0 aliphatic carbocycles. The Bertz CT molecular complexity index is 826. The SMILES string of the molecule is CC(=NNC(=O)COc1ccc(C(C)(C)C)cc1Br)c1ccccc1O. The quantitative estimate of drug-likeness (QED) is 0.559. The zero-order valence-electron chi connectivity index (χ0n) is 15.3. The van der Waals surface area contributed by atoms with E-state index in [2.05, 4.69) is 47.2 Å². The van der Waals surface area contributed by atoms with Gasteiger partial charge in [0.25, 0.3) is 5.91 Å². The number of carbonyl (C=O) groups excluding carboxylic acids is 1. The normalized spacial score (nSPS) is 12.0. The molecule has 0 fully saturated rings. The summed E-state index contributed by atoms with van der Waals surface area (Å²) in [5.41, 5.74) is 4.71. The van der Waals surface area contributed by atoms with E-state index in [-0.39, 0.29) is 23.7 Å². The van der Waals surface area contributed by atoms with Crippen molar-refractivity contribution in [2.45, 2.75) is 33.1 Å². The third-order valence-electron chi connectivity index (χ3n) is 3.80. The number of hydrazone groups is 1. The summed E-state index contributed by atoms with van der Waals surface area (Å²) < 4.78 is 6.35. The first-order valence-corrected chi connectivity index (χ1v) is 9.02. The molecule has 2 aromatic rings. The molecule has 0 bridgehead atoms. The first kappa shape index (κ1) is 20.0. The minimum Gasteiger partial charge on any atom is -0.507 e. The lowest BCUT2D eigenvalue weighted by Gasteiger charge is -2.20. The lowest BCUT2D eigenvalue weighted by Crippen LogP contribution is -2.25. The predicted octanol–water partition coefficient (Wildman–Crippen LogP) is 4.37. The Kier molecular flexibility index (Phi) is 6.42. The number of aromatic hydroxyl groups is 1. The Morgan fingerprint density at radius 1 is 1.23 bits per heavy atom. The predicted molar refractivity (Wildman–Crippen MR) is 107 cm³/mol. The smallest absolute Gasteiger partial charge is 0.277 e. The average molecular weight is 419 g/mol. The van der Waals surface area contributed by atoms with Crippen molar-refractivity contribution in [3.05, 3.63) is 58.1 Å². The summed E-state index contributed by atoms with van der Waals surface area (Å²) in [6.45, 7) is 7.94. The number of para-hydroxylation sites is 1. The van der Waals surface area contributed by atoms with Crippen LogP contribution >= 0.6 is 15.9 Å². The molecule has 0 aliphatic heterocycles. The molecule has 0 atom stereocenters. The lowest BCUT2D eigenvalue weighted by atomic mass is 9.87. The van der Waals surface area contributed by atoms with Crippen molar-refractivity contribution in [2.24, 2.45) is 5.10 Å². The molecule has 138 valence electrons. The summed E-state index contributed by atoms with van der Waals surface area (Å²) in [4.78, 5) is 12.0. The van der Waals surface area contributed by atoms with Crippen LogP contribution in [-0.4, -0.2) is 23.3 Å². The van der Waals surface area contributed by atoms with Gasteiger partial charge in [-0.3, -0.25) is 4.79 Å². The average Bonchev–Trinajstić information content (AvgIpc) is 2.58.